The molecule has 0 aliphatic carbocycles. The number of hydrogen-bond acceptors (Lipinski definition) is 3. The standard InChI is InChI=1S/C12H18N4O/c1-3-5-15-10-13-6-11(15)9-17-12-7-14-16(4-2)8-12/h6-8,10H,3-5,9H2,1-2H3. The van der Waals surface area contributed by atoms with Crippen molar-refractivity contribution in [3.63, 3.8) is 0 Å². The summed E-state index contributed by atoms with van der Waals surface area (Å²) < 4.78 is 9.64. The van der Waals surface area contributed by atoms with Crippen LogP contribution in [-0.2, 0) is 19.7 Å². The van der Waals surface area contributed by atoms with E-state index in [2.05, 4.69) is 21.6 Å². The molecule has 0 aliphatic heterocycles. The lowest BCUT2D eigenvalue weighted by Crippen LogP contribution is -2.04. The van der Waals surface area contributed by atoms with Crippen LogP contribution >= 0.6 is 0 Å². The highest BCUT2D eigenvalue weighted by atomic mass is 16.5. The van der Waals surface area contributed by atoms with E-state index in [0.717, 1.165) is 31.0 Å². The molecule has 5 nitrogen and oxygen atoms in total. The van der Waals surface area contributed by atoms with Gasteiger partial charge in [-0.2, -0.15) is 5.10 Å². The van der Waals surface area contributed by atoms with E-state index >= 15 is 0 Å². The second-order valence-corrected chi connectivity index (χ2v) is 3.90. The predicted octanol–water partition coefficient (Wildman–Crippen LogP) is 2.09. The Kier molecular flexibility index (Phi) is 3.80. The second kappa shape index (κ2) is 5.52. The van der Waals surface area contributed by atoms with Crippen molar-refractivity contribution in [3.8, 4) is 5.75 Å². The van der Waals surface area contributed by atoms with Crippen molar-refractivity contribution < 1.29 is 4.74 Å². The molecule has 2 rings (SSSR count). The maximum absolute atomic E-state index is 5.68. The SMILES string of the molecule is CCCn1cncc1COc1cnn(CC)c1. The fraction of sp³-hybridized carbons (Fsp3) is 0.500. The van der Waals surface area contributed by atoms with Gasteiger partial charge in [0.25, 0.3) is 0 Å². The monoisotopic (exact) mass is 234 g/mol. The van der Waals surface area contributed by atoms with E-state index in [-0.39, 0.29) is 0 Å². The van der Waals surface area contributed by atoms with Gasteiger partial charge in [0.15, 0.2) is 5.75 Å². The van der Waals surface area contributed by atoms with Gasteiger partial charge in [0.05, 0.1) is 30.6 Å². The van der Waals surface area contributed by atoms with Crippen molar-refractivity contribution in [3.05, 3.63) is 30.6 Å². The van der Waals surface area contributed by atoms with Gasteiger partial charge in [0.2, 0.25) is 0 Å². The van der Waals surface area contributed by atoms with Gasteiger partial charge in [-0.05, 0) is 13.3 Å². The minimum absolute atomic E-state index is 0.537. The first-order valence-corrected chi connectivity index (χ1v) is 5.97. The van der Waals surface area contributed by atoms with Crippen molar-refractivity contribution in [2.24, 2.45) is 0 Å². The second-order valence-electron chi connectivity index (χ2n) is 3.90. The van der Waals surface area contributed by atoms with E-state index < -0.39 is 0 Å². The molecule has 92 valence electrons. The van der Waals surface area contributed by atoms with Gasteiger partial charge in [0, 0.05) is 13.1 Å². The maximum atomic E-state index is 5.68. The van der Waals surface area contributed by atoms with Gasteiger partial charge in [-0.25, -0.2) is 4.98 Å². The Morgan fingerprint density at radius 2 is 2.18 bits per heavy atom. The summed E-state index contributed by atoms with van der Waals surface area (Å²) in [5, 5.41) is 4.16. The van der Waals surface area contributed by atoms with E-state index in [1.807, 2.05) is 30.3 Å². The van der Waals surface area contributed by atoms with E-state index in [4.69, 9.17) is 4.74 Å². The number of aromatic nitrogens is 4. The largest absolute Gasteiger partial charge is 0.484 e. The number of rotatable bonds is 6. The molecular formula is C12H18N4O. The lowest BCUT2D eigenvalue weighted by atomic mass is 10.4. The fourth-order valence-electron chi connectivity index (χ4n) is 1.66. The van der Waals surface area contributed by atoms with Crippen molar-refractivity contribution in [2.45, 2.75) is 40.0 Å². The molecule has 0 saturated carbocycles. The molecule has 0 spiro atoms. The molecule has 0 N–H and O–H groups in total. The molecule has 0 aliphatic rings. The van der Waals surface area contributed by atoms with Crippen LogP contribution in [0.25, 0.3) is 0 Å². The van der Waals surface area contributed by atoms with Crippen molar-refractivity contribution in [2.75, 3.05) is 0 Å². The normalized spacial score (nSPS) is 10.7. The van der Waals surface area contributed by atoms with Gasteiger partial charge in [0.1, 0.15) is 6.61 Å². The highest BCUT2D eigenvalue weighted by molar-refractivity contribution is 5.12. The van der Waals surface area contributed by atoms with Gasteiger partial charge >= 0.3 is 0 Å². The fourth-order valence-corrected chi connectivity index (χ4v) is 1.66. The number of hydrogen-bond donors (Lipinski definition) is 0. The molecule has 0 bridgehead atoms. The van der Waals surface area contributed by atoms with Gasteiger partial charge < -0.3 is 9.30 Å². The summed E-state index contributed by atoms with van der Waals surface area (Å²) >= 11 is 0. The third-order valence-corrected chi connectivity index (χ3v) is 2.58. The van der Waals surface area contributed by atoms with Crippen molar-refractivity contribution in [1.82, 2.24) is 19.3 Å². The summed E-state index contributed by atoms with van der Waals surface area (Å²) in [6.07, 6.45) is 8.43. The van der Waals surface area contributed by atoms with E-state index in [1.165, 1.54) is 0 Å². The molecule has 0 aromatic carbocycles. The topological polar surface area (TPSA) is 44.9 Å². The summed E-state index contributed by atoms with van der Waals surface area (Å²) in [6.45, 7) is 6.57. The highest BCUT2D eigenvalue weighted by Gasteiger charge is 2.03. The van der Waals surface area contributed by atoms with Crippen molar-refractivity contribution >= 4 is 0 Å². The molecule has 0 amide bonds. The number of nitrogens with zero attached hydrogens (tertiary/aromatic N) is 4. The lowest BCUT2D eigenvalue weighted by Gasteiger charge is -2.06. The van der Waals surface area contributed by atoms with Gasteiger partial charge in [-0.1, -0.05) is 6.92 Å². The number of ether oxygens (including phenoxy) is 1. The van der Waals surface area contributed by atoms with Crippen LogP contribution in [0.1, 0.15) is 26.0 Å². The Morgan fingerprint density at radius 3 is 2.88 bits per heavy atom. The Labute approximate surface area is 101 Å². The molecule has 17 heavy (non-hydrogen) atoms. The van der Waals surface area contributed by atoms with Crippen LogP contribution in [-0.4, -0.2) is 19.3 Å². The quantitative estimate of drug-likeness (QED) is 0.768. The summed E-state index contributed by atoms with van der Waals surface area (Å²) in [5.74, 6) is 0.802. The van der Waals surface area contributed by atoms with Crippen LogP contribution in [0.3, 0.4) is 0 Å². The molecular weight excluding hydrogens is 216 g/mol. The first-order chi connectivity index (χ1) is 8.33. The zero-order valence-corrected chi connectivity index (χ0v) is 10.3. The minimum atomic E-state index is 0.537. The Hall–Kier alpha value is -1.78. The maximum Gasteiger partial charge on any atom is 0.157 e. The molecule has 2 aromatic heterocycles. The van der Waals surface area contributed by atoms with Crippen molar-refractivity contribution in [1.29, 1.82) is 0 Å². The van der Waals surface area contributed by atoms with E-state index in [1.54, 1.807) is 6.20 Å². The summed E-state index contributed by atoms with van der Waals surface area (Å²) in [7, 11) is 0. The molecule has 0 unspecified atom stereocenters. The molecule has 5 heteroatoms. The summed E-state index contributed by atoms with van der Waals surface area (Å²) in [4.78, 5) is 4.14. The number of aryl methyl sites for hydroxylation is 2. The van der Waals surface area contributed by atoms with E-state index in [9.17, 15) is 0 Å². The molecule has 0 radical (unpaired) electrons. The molecule has 0 fully saturated rings. The molecule has 2 aromatic rings. The predicted molar refractivity (Wildman–Crippen MR) is 64.8 cm³/mol. The molecule has 2 heterocycles. The average Bonchev–Trinajstić information content (AvgIpc) is 2.95. The van der Waals surface area contributed by atoms with Gasteiger partial charge in [-0.15, -0.1) is 0 Å². The zero-order valence-electron chi connectivity index (χ0n) is 10.3. The lowest BCUT2D eigenvalue weighted by molar-refractivity contribution is 0.294. The van der Waals surface area contributed by atoms with Crippen LogP contribution < -0.4 is 4.74 Å². The number of imidazole rings is 1. The van der Waals surface area contributed by atoms with Crippen LogP contribution in [0.15, 0.2) is 24.9 Å². The van der Waals surface area contributed by atoms with Gasteiger partial charge in [-0.3, -0.25) is 4.68 Å². The smallest absolute Gasteiger partial charge is 0.157 e. The average molecular weight is 234 g/mol. The molecule has 0 atom stereocenters. The highest BCUT2D eigenvalue weighted by Crippen LogP contribution is 2.11. The Bertz CT molecular complexity index is 461. The van der Waals surface area contributed by atoms with Crippen LogP contribution in [0.4, 0.5) is 0 Å². The third kappa shape index (κ3) is 2.87. The Balaban J connectivity index is 1.94. The minimum Gasteiger partial charge on any atom is -0.484 e. The first kappa shape index (κ1) is 11.7. The zero-order chi connectivity index (χ0) is 12.1. The van der Waals surface area contributed by atoms with E-state index in [0.29, 0.717) is 6.61 Å². The Morgan fingerprint density at radius 1 is 1.29 bits per heavy atom. The summed E-state index contributed by atoms with van der Waals surface area (Å²) in [6, 6.07) is 0. The van der Waals surface area contributed by atoms with Crippen LogP contribution in [0, 0.1) is 0 Å². The van der Waals surface area contributed by atoms with Crippen LogP contribution in [0.5, 0.6) is 5.75 Å². The first-order valence-electron chi connectivity index (χ1n) is 5.97. The van der Waals surface area contributed by atoms with Crippen LogP contribution in [0.2, 0.25) is 0 Å². The summed E-state index contributed by atoms with van der Waals surface area (Å²) in [5.41, 5.74) is 1.09. The third-order valence-electron chi connectivity index (χ3n) is 2.58. The molecule has 0 saturated heterocycles.